The third kappa shape index (κ3) is 71.3. The predicted octanol–water partition coefficient (Wildman–Crippen LogP) is 1.86. The van der Waals surface area contributed by atoms with Crippen molar-refractivity contribution in [2.45, 2.75) is 4.16 Å². The normalized spacial score (nSPS) is 12.0. The van der Waals surface area contributed by atoms with Crippen LogP contribution in [0.2, 0.25) is 0 Å². The zero-order valence-corrected chi connectivity index (χ0v) is 4.56. The van der Waals surface area contributed by atoms with Gasteiger partial charge in [0.25, 0.3) is 0 Å². The number of thiol groups is 1. The SMILES string of the molecule is FC(F)(S)Br. The fourth-order valence-corrected chi connectivity index (χ4v) is 0. The Morgan fingerprint density at radius 2 is 1.60 bits per heavy atom. The third-order valence-electron chi connectivity index (χ3n) is 0. The fourth-order valence-electron chi connectivity index (χ4n) is 0. The van der Waals surface area contributed by atoms with Gasteiger partial charge in [-0.15, -0.1) is 0 Å². The second-order valence-electron chi connectivity index (χ2n) is 0.468. The van der Waals surface area contributed by atoms with Crippen LogP contribution >= 0.6 is 28.6 Å². The maximum Gasteiger partial charge on any atom is 0.346 e. The Labute approximate surface area is 42.1 Å². The summed E-state index contributed by atoms with van der Waals surface area (Å²) < 4.78 is 18.6. The standard InChI is InChI=1S/CHBrF2S/c2-1(3,4)5/h5H. The average molecular weight is 163 g/mol. The number of halogens is 3. The highest BCUT2D eigenvalue weighted by Crippen LogP contribution is 2.24. The van der Waals surface area contributed by atoms with E-state index in [4.69, 9.17) is 0 Å². The van der Waals surface area contributed by atoms with Crippen molar-refractivity contribution in [1.82, 2.24) is 0 Å². The van der Waals surface area contributed by atoms with Crippen molar-refractivity contribution in [1.29, 1.82) is 0 Å². The van der Waals surface area contributed by atoms with E-state index < -0.39 is 4.16 Å². The zero-order chi connectivity index (χ0) is 4.50. The van der Waals surface area contributed by atoms with E-state index in [-0.39, 0.29) is 0 Å². The highest BCUT2D eigenvalue weighted by atomic mass is 79.9. The quantitative estimate of drug-likeness (QED) is 0.409. The second kappa shape index (κ2) is 1.43. The Morgan fingerprint density at radius 3 is 1.60 bits per heavy atom. The summed E-state index contributed by atoms with van der Waals surface area (Å²) in [6.07, 6.45) is 0. The van der Waals surface area contributed by atoms with Crippen LogP contribution in [-0.2, 0) is 0 Å². The van der Waals surface area contributed by atoms with Crippen LogP contribution < -0.4 is 0 Å². The van der Waals surface area contributed by atoms with Crippen LogP contribution in [0.3, 0.4) is 0 Å². The topological polar surface area (TPSA) is 0 Å². The molecule has 0 spiro atoms. The van der Waals surface area contributed by atoms with Crippen LogP contribution in [0.25, 0.3) is 0 Å². The lowest BCUT2D eigenvalue weighted by Gasteiger charge is -1.90. The van der Waals surface area contributed by atoms with E-state index in [2.05, 4.69) is 12.6 Å². The Morgan fingerprint density at radius 1 is 1.60 bits per heavy atom. The first-order chi connectivity index (χ1) is 2.00. The van der Waals surface area contributed by atoms with Gasteiger partial charge in [-0.1, -0.05) is 12.6 Å². The summed E-state index contributed by atoms with van der Waals surface area (Å²) in [5.41, 5.74) is 0. The molecule has 5 heavy (non-hydrogen) atoms. The maximum atomic E-state index is 10.8. The van der Waals surface area contributed by atoms with Crippen molar-refractivity contribution < 1.29 is 8.78 Å². The van der Waals surface area contributed by atoms with Gasteiger partial charge in [0.2, 0.25) is 0 Å². The van der Waals surface area contributed by atoms with Crippen LogP contribution in [0.4, 0.5) is 8.78 Å². The largest absolute Gasteiger partial charge is 0.346 e. The van der Waals surface area contributed by atoms with Gasteiger partial charge in [0.1, 0.15) is 0 Å². The highest BCUT2D eigenvalue weighted by Gasteiger charge is 2.13. The molecule has 0 aromatic rings. The van der Waals surface area contributed by atoms with E-state index in [0.29, 0.717) is 0 Å². The average Bonchev–Trinajstić information content (AvgIpc) is 0.722. The highest BCUT2D eigenvalue weighted by molar-refractivity contribution is 9.11. The van der Waals surface area contributed by atoms with Gasteiger partial charge in [-0.05, 0) is 0 Å². The Kier molecular flexibility index (Phi) is 1.62. The van der Waals surface area contributed by atoms with Gasteiger partial charge in [0.05, 0.1) is 0 Å². The molecule has 0 rings (SSSR count). The summed E-state index contributed by atoms with van der Waals surface area (Å²) in [5, 5.41) is 0. The molecule has 0 bridgehead atoms. The molecule has 0 aliphatic heterocycles. The molecule has 0 heterocycles. The van der Waals surface area contributed by atoms with Gasteiger partial charge in [-0.2, -0.15) is 8.78 Å². The van der Waals surface area contributed by atoms with Crippen LogP contribution in [0, 0.1) is 0 Å². The van der Waals surface area contributed by atoms with E-state index in [1.807, 2.05) is 15.9 Å². The van der Waals surface area contributed by atoms with Crippen molar-refractivity contribution in [2.24, 2.45) is 0 Å². The minimum absolute atomic E-state index is 1.91. The van der Waals surface area contributed by atoms with E-state index in [9.17, 15) is 8.78 Å². The summed E-state index contributed by atoms with van der Waals surface area (Å²) in [5.74, 6) is 0. The molecule has 0 saturated heterocycles. The van der Waals surface area contributed by atoms with E-state index in [1.54, 1.807) is 0 Å². The predicted molar refractivity (Wildman–Crippen MR) is 22.9 cm³/mol. The fraction of sp³-hybridized carbons (Fsp3) is 1.00. The maximum absolute atomic E-state index is 10.8. The lowest BCUT2D eigenvalue weighted by Crippen LogP contribution is -1.85. The summed E-state index contributed by atoms with van der Waals surface area (Å²) >= 11 is 4.61. The first-order valence-electron chi connectivity index (χ1n) is 0.791. The van der Waals surface area contributed by atoms with Crippen molar-refractivity contribution >= 4 is 28.6 Å². The van der Waals surface area contributed by atoms with Gasteiger partial charge in [-0.25, -0.2) is 0 Å². The van der Waals surface area contributed by atoms with Crippen molar-refractivity contribution in [3.05, 3.63) is 0 Å². The van der Waals surface area contributed by atoms with Gasteiger partial charge in [-0.3, -0.25) is 0 Å². The van der Waals surface area contributed by atoms with E-state index >= 15 is 0 Å². The lowest BCUT2D eigenvalue weighted by atomic mass is 11.7. The summed E-state index contributed by atoms with van der Waals surface area (Å²) in [6, 6.07) is 0. The Hall–Kier alpha value is 0.690. The van der Waals surface area contributed by atoms with Crippen molar-refractivity contribution in [3.8, 4) is 0 Å². The second-order valence-corrected chi connectivity index (χ2v) is 2.64. The Balaban J connectivity index is 3.02. The molecule has 0 aliphatic carbocycles. The van der Waals surface area contributed by atoms with Gasteiger partial charge in [0, 0.05) is 15.9 Å². The number of rotatable bonds is 0. The number of alkyl halides is 3. The number of hydrogen-bond donors (Lipinski definition) is 1. The zero-order valence-electron chi connectivity index (χ0n) is 2.08. The lowest BCUT2D eigenvalue weighted by molar-refractivity contribution is 0.223. The molecule has 4 heteroatoms. The molecule has 0 aromatic heterocycles. The molecule has 0 aromatic carbocycles. The minimum Gasteiger partial charge on any atom is -0.182 e. The molecule has 0 unspecified atom stereocenters. The molecular weight excluding hydrogens is 162 g/mol. The van der Waals surface area contributed by atoms with Crippen LogP contribution in [0.15, 0.2) is 0 Å². The van der Waals surface area contributed by atoms with Gasteiger partial charge in [0.15, 0.2) is 0 Å². The Bertz CT molecular complexity index is 25.1. The van der Waals surface area contributed by atoms with Gasteiger partial charge < -0.3 is 0 Å². The molecule has 0 fully saturated rings. The molecule has 0 aliphatic rings. The summed E-state index contributed by atoms with van der Waals surface area (Å²) in [6.45, 7) is 0. The first-order valence-corrected chi connectivity index (χ1v) is 2.03. The molecule has 0 amide bonds. The smallest absolute Gasteiger partial charge is 0.182 e. The number of hydrogen-bond acceptors (Lipinski definition) is 1. The molecule has 32 valence electrons. The van der Waals surface area contributed by atoms with E-state index in [0.717, 1.165) is 0 Å². The summed E-state index contributed by atoms with van der Waals surface area (Å²) in [4.78, 5) is 0. The molecule has 0 atom stereocenters. The van der Waals surface area contributed by atoms with E-state index in [1.165, 1.54) is 0 Å². The van der Waals surface area contributed by atoms with Crippen LogP contribution in [0.5, 0.6) is 0 Å². The molecule has 0 radical (unpaired) electrons. The molecule has 0 N–H and O–H groups in total. The monoisotopic (exact) mass is 162 g/mol. The molecule has 0 nitrogen and oxygen atoms in total. The van der Waals surface area contributed by atoms with Crippen LogP contribution in [-0.4, -0.2) is 4.16 Å². The summed E-state index contributed by atoms with van der Waals surface area (Å²) in [7, 11) is 0. The first kappa shape index (κ1) is 5.69. The van der Waals surface area contributed by atoms with Crippen LogP contribution in [0.1, 0.15) is 0 Å². The van der Waals surface area contributed by atoms with Crippen molar-refractivity contribution in [3.63, 3.8) is 0 Å². The minimum atomic E-state index is -2.99. The van der Waals surface area contributed by atoms with Gasteiger partial charge >= 0.3 is 4.16 Å². The molecule has 0 saturated carbocycles. The molecular formula is CHBrF2S. The van der Waals surface area contributed by atoms with Crippen molar-refractivity contribution in [2.75, 3.05) is 0 Å². The third-order valence-corrected chi connectivity index (χ3v) is 0.